The number of ether oxygens (including phenoxy) is 1. The minimum atomic E-state index is -4.10. The number of amides is 1. The van der Waals surface area contributed by atoms with Gasteiger partial charge in [0, 0.05) is 6.54 Å². The molecule has 0 radical (unpaired) electrons. The second-order valence-electron chi connectivity index (χ2n) is 5.35. The summed E-state index contributed by atoms with van der Waals surface area (Å²) in [5.74, 6) is -2.70. The van der Waals surface area contributed by atoms with E-state index >= 15 is 0 Å². The van der Waals surface area contributed by atoms with Gasteiger partial charge in [0.15, 0.2) is 6.61 Å². The zero-order valence-corrected chi connectivity index (χ0v) is 14.5. The quantitative estimate of drug-likeness (QED) is 0.695. The average molecular weight is 380 g/mol. The molecule has 26 heavy (non-hydrogen) atoms. The summed E-state index contributed by atoms with van der Waals surface area (Å²) in [6.07, 6.45) is 0.603. The molecule has 0 heterocycles. The molecule has 1 amide bonds. The molecule has 2 aromatic carbocycles. The first kappa shape index (κ1) is 19.5. The van der Waals surface area contributed by atoms with E-state index in [1.165, 1.54) is 0 Å². The predicted molar refractivity (Wildman–Crippen MR) is 91.2 cm³/mol. The molecular weight excluding hydrogens is 363 g/mol. The summed E-state index contributed by atoms with van der Waals surface area (Å²) >= 11 is 0. The van der Waals surface area contributed by atoms with E-state index in [-0.39, 0.29) is 0 Å². The molecule has 0 aromatic heterocycles. The lowest BCUT2D eigenvalue weighted by molar-refractivity contribution is -0.124. The van der Waals surface area contributed by atoms with Crippen LogP contribution >= 0.6 is 0 Å². The van der Waals surface area contributed by atoms with Gasteiger partial charge in [-0.3, -0.25) is 4.79 Å². The molecule has 7 nitrogen and oxygen atoms in total. The molecule has 0 aliphatic rings. The van der Waals surface area contributed by atoms with Crippen LogP contribution < -0.4 is 10.5 Å². The number of carbonyl (C=O) groups excluding carboxylic acids is 2. The Morgan fingerprint density at radius 2 is 1.81 bits per heavy atom. The Balaban J connectivity index is 1.87. The highest BCUT2D eigenvalue weighted by Gasteiger charge is 2.18. The Labute approximate surface area is 150 Å². The minimum absolute atomic E-state index is 0.343. The molecule has 0 atom stereocenters. The standard InChI is InChI=1S/C17H17FN2O5S/c18-15-7-6-13(26(19,23)24)10-14(15)17(22)25-11-16(21)20-9-8-12-4-2-1-3-5-12/h1-7,10H,8-9,11H2,(H,20,21)(H2,19,23,24). The molecule has 9 heteroatoms. The Bertz CT molecular complexity index is 901. The Morgan fingerprint density at radius 3 is 2.46 bits per heavy atom. The van der Waals surface area contributed by atoms with Crippen molar-refractivity contribution in [1.82, 2.24) is 5.32 Å². The smallest absolute Gasteiger partial charge is 0.341 e. The molecule has 0 saturated carbocycles. The van der Waals surface area contributed by atoms with Crippen LogP contribution in [0.5, 0.6) is 0 Å². The van der Waals surface area contributed by atoms with Crippen molar-refractivity contribution in [3.05, 3.63) is 65.5 Å². The van der Waals surface area contributed by atoms with E-state index in [4.69, 9.17) is 9.88 Å². The van der Waals surface area contributed by atoms with E-state index in [9.17, 15) is 22.4 Å². The maximum Gasteiger partial charge on any atom is 0.341 e. The van der Waals surface area contributed by atoms with E-state index in [1.54, 1.807) is 0 Å². The van der Waals surface area contributed by atoms with Gasteiger partial charge in [-0.2, -0.15) is 0 Å². The van der Waals surface area contributed by atoms with Crippen LogP contribution in [0.4, 0.5) is 4.39 Å². The molecule has 0 aliphatic carbocycles. The highest BCUT2D eigenvalue weighted by molar-refractivity contribution is 7.89. The predicted octanol–water partition coefficient (Wildman–Crippen LogP) is 0.989. The fraction of sp³-hybridized carbons (Fsp3) is 0.176. The number of benzene rings is 2. The monoisotopic (exact) mass is 380 g/mol. The molecule has 138 valence electrons. The van der Waals surface area contributed by atoms with E-state index in [1.807, 2.05) is 30.3 Å². The lowest BCUT2D eigenvalue weighted by atomic mass is 10.1. The summed E-state index contributed by atoms with van der Waals surface area (Å²) in [6, 6.07) is 11.9. The fourth-order valence-corrected chi connectivity index (χ4v) is 2.63. The third-order valence-electron chi connectivity index (χ3n) is 3.40. The lowest BCUT2D eigenvalue weighted by Crippen LogP contribution is -2.30. The van der Waals surface area contributed by atoms with Crippen molar-refractivity contribution in [2.24, 2.45) is 5.14 Å². The third kappa shape index (κ3) is 5.64. The van der Waals surface area contributed by atoms with Gasteiger partial charge in [-0.1, -0.05) is 30.3 Å². The molecular formula is C17H17FN2O5S. The van der Waals surface area contributed by atoms with Crippen LogP contribution in [-0.2, 0) is 26.0 Å². The van der Waals surface area contributed by atoms with Gasteiger partial charge in [-0.05, 0) is 30.2 Å². The number of hydrogen-bond acceptors (Lipinski definition) is 5. The lowest BCUT2D eigenvalue weighted by Gasteiger charge is -2.08. The van der Waals surface area contributed by atoms with E-state index in [0.29, 0.717) is 13.0 Å². The number of carbonyl (C=O) groups is 2. The van der Waals surface area contributed by atoms with Gasteiger partial charge in [-0.15, -0.1) is 0 Å². The number of rotatable bonds is 7. The summed E-state index contributed by atoms with van der Waals surface area (Å²) in [7, 11) is -4.10. The normalized spacial score (nSPS) is 11.0. The summed E-state index contributed by atoms with van der Waals surface area (Å²) < 4.78 is 40.9. The van der Waals surface area contributed by atoms with Crippen molar-refractivity contribution in [3.8, 4) is 0 Å². The van der Waals surface area contributed by atoms with Gasteiger partial charge < -0.3 is 10.1 Å². The maximum absolute atomic E-state index is 13.7. The Hall–Kier alpha value is -2.78. The molecule has 0 spiro atoms. The molecule has 2 aromatic rings. The van der Waals surface area contributed by atoms with Gasteiger partial charge >= 0.3 is 5.97 Å². The largest absolute Gasteiger partial charge is 0.452 e. The zero-order chi connectivity index (χ0) is 19.2. The van der Waals surface area contributed by atoms with Crippen LogP contribution in [0.25, 0.3) is 0 Å². The average Bonchev–Trinajstić information content (AvgIpc) is 2.60. The first-order chi connectivity index (χ1) is 12.3. The maximum atomic E-state index is 13.7. The first-order valence-electron chi connectivity index (χ1n) is 7.57. The van der Waals surface area contributed by atoms with Crippen LogP contribution in [0.1, 0.15) is 15.9 Å². The molecule has 0 unspecified atom stereocenters. The van der Waals surface area contributed by atoms with Crippen LogP contribution in [0.2, 0.25) is 0 Å². The molecule has 0 saturated heterocycles. The number of nitrogens with one attached hydrogen (secondary N) is 1. The molecule has 0 bridgehead atoms. The number of nitrogens with two attached hydrogens (primary N) is 1. The van der Waals surface area contributed by atoms with Gasteiger partial charge in [0.1, 0.15) is 5.82 Å². The molecule has 0 fully saturated rings. The number of sulfonamides is 1. The third-order valence-corrected chi connectivity index (χ3v) is 4.31. The first-order valence-corrected chi connectivity index (χ1v) is 9.12. The molecule has 0 aliphatic heterocycles. The van der Waals surface area contributed by atoms with Crippen molar-refractivity contribution < 1.29 is 27.1 Å². The number of primary sulfonamides is 1. The highest BCUT2D eigenvalue weighted by Crippen LogP contribution is 2.15. The van der Waals surface area contributed by atoms with Gasteiger partial charge in [0.25, 0.3) is 5.91 Å². The summed E-state index contributed by atoms with van der Waals surface area (Å²) in [4.78, 5) is 23.1. The van der Waals surface area contributed by atoms with Crippen molar-refractivity contribution >= 4 is 21.9 Å². The summed E-state index contributed by atoms with van der Waals surface area (Å²) in [6.45, 7) is -0.275. The van der Waals surface area contributed by atoms with E-state index < -0.39 is 44.8 Å². The Kier molecular flexibility index (Phi) is 6.42. The Morgan fingerprint density at radius 1 is 1.12 bits per heavy atom. The number of hydrogen-bond donors (Lipinski definition) is 2. The van der Waals surface area contributed by atoms with E-state index in [0.717, 1.165) is 23.8 Å². The zero-order valence-electron chi connectivity index (χ0n) is 13.6. The van der Waals surface area contributed by atoms with Crippen molar-refractivity contribution in [2.45, 2.75) is 11.3 Å². The second-order valence-corrected chi connectivity index (χ2v) is 6.91. The van der Waals surface area contributed by atoms with Crippen molar-refractivity contribution in [3.63, 3.8) is 0 Å². The SMILES string of the molecule is NS(=O)(=O)c1ccc(F)c(C(=O)OCC(=O)NCCc2ccccc2)c1. The van der Waals surface area contributed by atoms with Gasteiger partial charge in [-0.25, -0.2) is 22.7 Å². The number of esters is 1. The molecule has 3 N–H and O–H groups in total. The van der Waals surface area contributed by atoms with Crippen LogP contribution in [-0.4, -0.2) is 33.4 Å². The van der Waals surface area contributed by atoms with Crippen LogP contribution in [0, 0.1) is 5.82 Å². The van der Waals surface area contributed by atoms with Crippen LogP contribution in [0.15, 0.2) is 53.4 Å². The van der Waals surface area contributed by atoms with Crippen molar-refractivity contribution in [2.75, 3.05) is 13.2 Å². The number of halogens is 1. The van der Waals surface area contributed by atoms with Gasteiger partial charge in [0.05, 0.1) is 10.5 Å². The van der Waals surface area contributed by atoms with E-state index in [2.05, 4.69) is 5.32 Å². The van der Waals surface area contributed by atoms with Gasteiger partial charge in [0.2, 0.25) is 10.0 Å². The highest BCUT2D eigenvalue weighted by atomic mass is 32.2. The van der Waals surface area contributed by atoms with Crippen molar-refractivity contribution in [1.29, 1.82) is 0 Å². The topological polar surface area (TPSA) is 116 Å². The molecule has 2 rings (SSSR count). The second kappa shape index (κ2) is 8.54. The minimum Gasteiger partial charge on any atom is -0.452 e. The van der Waals surface area contributed by atoms with Crippen LogP contribution in [0.3, 0.4) is 0 Å². The summed E-state index contributed by atoms with van der Waals surface area (Å²) in [5, 5.41) is 7.50. The fourth-order valence-electron chi connectivity index (χ4n) is 2.09. The summed E-state index contributed by atoms with van der Waals surface area (Å²) in [5.41, 5.74) is 0.417.